The highest BCUT2D eigenvalue weighted by atomic mass is 14.9. The summed E-state index contributed by atoms with van der Waals surface area (Å²) < 4.78 is 0. The Morgan fingerprint density at radius 2 is 1.33 bits per heavy atom. The molecule has 0 atom stereocenters. The molecule has 0 aliphatic rings. The van der Waals surface area contributed by atoms with Crippen LogP contribution in [0.25, 0.3) is 0 Å². The van der Waals surface area contributed by atoms with E-state index in [4.69, 9.17) is 5.73 Å². The third-order valence-electron chi connectivity index (χ3n) is 3.64. The van der Waals surface area contributed by atoms with Crippen LogP contribution in [0.4, 0.5) is 5.82 Å². The Labute approximate surface area is 123 Å². The summed E-state index contributed by atoms with van der Waals surface area (Å²) in [6, 6.07) is 17.3. The Hall–Kier alpha value is -2.75. The van der Waals surface area contributed by atoms with E-state index in [1.807, 2.05) is 48.5 Å². The largest absolute Gasteiger partial charge is 0.384 e. The van der Waals surface area contributed by atoms with E-state index in [2.05, 4.69) is 21.9 Å². The molecule has 0 aliphatic carbocycles. The van der Waals surface area contributed by atoms with Gasteiger partial charge in [-0.25, -0.2) is 4.98 Å². The predicted octanol–water partition coefficient (Wildman–Crippen LogP) is 2.81. The van der Waals surface area contributed by atoms with Crippen LogP contribution in [0.1, 0.15) is 24.0 Å². The van der Waals surface area contributed by atoms with Gasteiger partial charge in [0.15, 0.2) is 0 Å². The quantitative estimate of drug-likeness (QED) is 0.799. The molecule has 104 valence electrons. The fraction of sp³-hybridized carbons (Fsp3) is 0.118. The lowest BCUT2D eigenvalue weighted by Crippen LogP contribution is -2.29. The molecule has 0 radical (unpaired) electrons. The van der Waals surface area contributed by atoms with Gasteiger partial charge < -0.3 is 5.73 Å². The van der Waals surface area contributed by atoms with E-state index in [0.717, 1.165) is 17.1 Å². The molecule has 0 amide bonds. The number of aromatic nitrogens is 3. The molecule has 3 heterocycles. The fourth-order valence-electron chi connectivity index (χ4n) is 2.44. The van der Waals surface area contributed by atoms with Crippen molar-refractivity contribution >= 4 is 5.82 Å². The Morgan fingerprint density at radius 1 is 0.762 bits per heavy atom. The lowest BCUT2D eigenvalue weighted by molar-refractivity contribution is 0.620. The summed E-state index contributed by atoms with van der Waals surface area (Å²) >= 11 is 0. The molecule has 3 aromatic heterocycles. The molecule has 0 aliphatic heterocycles. The molecule has 3 rings (SSSR count). The summed E-state index contributed by atoms with van der Waals surface area (Å²) in [5.74, 6) is 0.491. The maximum absolute atomic E-state index is 5.86. The van der Waals surface area contributed by atoms with Gasteiger partial charge in [-0.1, -0.05) is 18.2 Å². The average Bonchev–Trinajstić information content (AvgIpc) is 2.56. The molecule has 0 bridgehead atoms. The Kier molecular flexibility index (Phi) is 3.36. The summed E-state index contributed by atoms with van der Waals surface area (Å²) in [4.78, 5) is 13.5. The monoisotopic (exact) mass is 276 g/mol. The summed E-state index contributed by atoms with van der Waals surface area (Å²) in [6.45, 7) is 2.07. The summed E-state index contributed by atoms with van der Waals surface area (Å²) in [7, 11) is 0. The van der Waals surface area contributed by atoms with Crippen LogP contribution in [0.2, 0.25) is 0 Å². The van der Waals surface area contributed by atoms with E-state index >= 15 is 0 Å². The molecule has 0 saturated carbocycles. The minimum Gasteiger partial charge on any atom is -0.384 e. The molecule has 0 spiro atoms. The van der Waals surface area contributed by atoms with Crippen molar-refractivity contribution in [1.29, 1.82) is 0 Å². The van der Waals surface area contributed by atoms with Crippen LogP contribution in [0.3, 0.4) is 0 Å². The first-order valence-corrected chi connectivity index (χ1v) is 6.77. The van der Waals surface area contributed by atoms with Crippen molar-refractivity contribution in [3.05, 3.63) is 84.1 Å². The third kappa shape index (κ3) is 2.36. The van der Waals surface area contributed by atoms with Crippen molar-refractivity contribution in [2.75, 3.05) is 5.73 Å². The molecule has 4 heteroatoms. The standard InChI is InChI=1S/C17H16N4/c1-17(13-7-2-4-11-19-13,14-8-3-5-12-20-14)15-9-6-10-16(18)21-15/h2-12H,1H3,(H2,18,21). The van der Waals surface area contributed by atoms with Crippen molar-refractivity contribution < 1.29 is 0 Å². The molecule has 3 aromatic rings. The molecule has 2 N–H and O–H groups in total. The number of pyridine rings is 3. The van der Waals surface area contributed by atoms with Gasteiger partial charge in [0.1, 0.15) is 5.82 Å². The fourth-order valence-corrected chi connectivity index (χ4v) is 2.44. The Morgan fingerprint density at radius 3 is 1.81 bits per heavy atom. The topological polar surface area (TPSA) is 64.7 Å². The highest BCUT2D eigenvalue weighted by Crippen LogP contribution is 2.35. The average molecular weight is 276 g/mol. The van der Waals surface area contributed by atoms with Crippen LogP contribution >= 0.6 is 0 Å². The van der Waals surface area contributed by atoms with Gasteiger partial charge in [0.2, 0.25) is 0 Å². The zero-order valence-corrected chi connectivity index (χ0v) is 11.8. The third-order valence-corrected chi connectivity index (χ3v) is 3.64. The molecule has 0 fully saturated rings. The van der Waals surface area contributed by atoms with Gasteiger partial charge in [-0.05, 0) is 43.3 Å². The van der Waals surface area contributed by atoms with Crippen molar-refractivity contribution in [3.63, 3.8) is 0 Å². The second-order valence-corrected chi connectivity index (χ2v) is 5.00. The van der Waals surface area contributed by atoms with Gasteiger partial charge in [0, 0.05) is 12.4 Å². The van der Waals surface area contributed by atoms with Crippen LogP contribution in [-0.4, -0.2) is 15.0 Å². The van der Waals surface area contributed by atoms with Crippen molar-refractivity contribution in [3.8, 4) is 0 Å². The first-order chi connectivity index (χ1) is 10.2. The van der Waals surface area contributed by atoms with Crippen LogP contribution in [0, 0.1) is 0 Å². The number of hydrogen-bond donors (Lipinski definition) is 1. The van der Waals surface area contributed by atoms with Crippen molar-refractivity contribution in [1.82, 2.24) is 15.0 Å². The van der Waals surface area contributed by atoms with Crippen LogP contribution < -0.4 is 5.73 Å². The van der Waals surface area contributed by atoms with E-state index in [1.54, 1.807) is 18.5 Å². The molecular formula is C17H16N4. The molecule has 0 saturated heterocycles. The Bertz CT molecular complexity index is 687. The van der Waals surface area contributed by atoms with Gasteiger partial charge in [0.25, 0.3) is 0 Å². The summed E-state index contributed by atoms with van der Waals surface area (Å²) in [5.41, 5.74) is 7.93. The van der Waals surface area contributed by atoms with Gasteiger partial charge >= 0.3 is 0 Å². The van der Waals surface area contributed by atoms with Gasteiger partial charge in [-0.3, -0.25) is 9.97 Å². The minimum atomic E-state index is -0.544. The summed E-state index contributed by atoms with van der Waals surface area (Å²) in [6.07, 6.45) is 3.56. The lowest BCUT2D eigenvalue weighted by Gasteiger charge is -2.28. The van der Waals surface area contributed by atoms with E-state index in [9.17, 15) is 0 Å². The normalized spacial score (nSPS) is 11.3. The van der Waals surface area contributed by atoms with E-state index < -0.39 is 5.41 Å². The first kappa shape index (κ1) is 13.2. The lowest BCUT2D eigenvalue weighted by atomic mass is 9.79. The van der Waals surface area contributed by atoms with Crippen LogP contribution in [0.15, 0.2) is 67.0 Å². The number of hydrogen-bond acceptors (Lipinski definition) is 4. The predicted molar refractivity (Wildman–Crippen MR) is 82.7 cm³/mol. The number of nitrogen functional groups attached to an aromatic ring is 1. The van der Waals surface area contributed by atoms with Crippen molar-refractivity contribution in [2.45, 2.75) is 12.3 Å². The van der Waals surface area contributed by atoms with Gasteiger partial charge in [-0.2, -0.15) is 0 Å². The summed E-state index contributed by atoms with van der Waals surface area (Å²) in [5, 5.41) is 0. The number of nitrogens with zero attached hydrogens (tertiary/aromatic N) is 3. The zero-order chi connectivity index (χ0) is 14.7. The number of rotatable bonds is 3. The Balaban J connectivity index is 2.25. The van der Waals surface area contributed by atoms with E-state index in [-0.39, 0.29) is 0 Å². The highest BCUT2D eigenvalue weighted by molar-refractivity contribution is 5.43. The number of nitrogens with two attached hydrogens (primary N) is 1. The van der Waals surface area contributed by atoms with Gasteiger partial charge in [0.05, 0.1) is 22.5 Å². The zero-order valence-electron chi connectivity index (χ0n) is 11.8. The van der Waals surface area contributed by atoms with Crippen LogP contribution in [-0.2, 0) is 5.41 Å². The molecule has 0 unspecified atom stereocenters. The van der Waals surface area contributed by atoms with Crippen molar-refractivity contribution in [2.24, 2.45) is 0 Å². The van der Waals surface area contributed by atoms with E-state index in [0.29, 0.717) is 5.82 Å². The first-order valence-electron chi connectivity index (χ1n) is 6.77. The molecule has 0 aromatic carbocycles. The SMILES string of the molecule is CC(c1ccccn1)(c1ccccn1)c1cccc(N)n1. The van der Waals surface area contributed by atoms with Crippen LogP contribution in [0.5, 0.6) is 0 Å². The van der Waals surface area contributed by atoms with E-state index in [1.165, 1.54) is 0 Å². The van der Waals surface area contributed by atoms with Gasteiger partial charge in [-0.15, -0.1) is 0 Å². The second kappa shape index (κ2) is 5.32. The molecule has 21 heavy (non-hydrogen) atoms. The minimum absolute atomic E-state index is 0.491. The number of anilines is 1. The molecule has 4 nitrogen and oxygen atoms in total. The molecular weight excluding hydrogens is 260 g/mol. The smallest absolute Gasteiger partial charge is 0.123 e. The second-order valence-electron chi connectivity index (χ2n) is 5.00. The maximum Gasteiger partial charge on any atom is 0.123 e. The highest BCUT2D eigenvalue weighted by Gasteiger charge is 2.35. The maximum atomic E-state index is 5.86.